The van der Waals surface area contributed by atoms with Gasteiger partial charge in [-0.15, -0.1) is 0 Å². The molecule has 0 spiro atoms. The van der Waals surface area contributed by atoms with E-state index >= 15 is 0 Å². The van der Waals surface area contributed by atoms with Crippen molar-refractivity contribution < 1.29 is 4.79 Å². The molecule has 1 aromatic carbocycles. The second-order valence-corrected chi connectivity index (χ2v) is 5.65. The molecule has 1 aromatic heterocycles. The van der Waals surface area contributed by atoms with Gasteiger partial charge in [-0.2, -0.15) is 0 Å². The number of para-hydroxylation sites is 1. The Balaban J connectivity index is 2.06. The standard InChI is InChI=1S/C19H25N3O/c1-4-6-13-22(3)19(23)18-12-11-16(14-20-18)21-17-10-8-7-9-15(17)5-2/h7-12,14,21H,4-6,13H2,1-3H3. The second-order valence-electron chi connectivity index (χ2n) is 5.65. The number of nitrogens with one attached hydrogen (secondary N) is 1. The van der Waals surface area contributed by atoms with Crippen LogP contribution in [0.2, 0.25) is 0 Å². The van der Waals surface area contributed by atoms with Crippen LogP contribution < -0.4 is 5.32 Å². The zero-order valence-corrected chi connectivity index (χ0v) is 14.2. The molecule has 1 amide bonds. The fourth-order valence-corrected chi connectivity index (χ4v) is 2.39. The van der Waals surface area contributed by atoms with Gasteiger partial charge in [-0.05, 0) is 36.6 Å². The molecule has 0 atom stereocenters. The van der Waals surface area contributed by atoms with E-state index < -0.39 is 0 Å². The number of carbonyl (C=O) groups excluding carboxylic acids is 1. The van der Waals surface area contributed by atoms with Gasteiger partial charge in [0.05, 0.1) is 11.9 Å². The molecule has 0 bridgehead atoms. The number of amides is 1. The summed E-state index contributed by atoms with van der Waals surface area (Å²) in [6.07, 6.45) is 4.77. The van der Waals surface area contributed by atoms with Gasteiger partial charge in [-0.3, -0.25) is 4.79 Å². The van der Waals surface area contributed by atoms with Crippen LogP contribution in [-0.4, -0.2) is 29.4 Å². The van der Waals surface area contributed by atoms with Crippen molar-refractivity contribution in [3.05, 3.63) is 53.9 Å². The first-order chi connectivity index (χ1) is 11.2. The lowest BCUT2D eigenvalue weighted by molar-refractivity contribution is 0.0787. The first-order valence-corrected chi connectivity index (χ1v) is 8.22. The van der Waals surface area contributed by atoms with Gasteiger partial charge < -0.3 is 10.2 Å². The molecule has 0 fully saturated rings. The van der Waals surface area contributed by atoms with E-state index in [1.54, 1.807) is 17.2 Å². The highest BCUT2D eigenvalue weighted by Gasteiger charge is 2.12. The molecule has 2 aromatic rings. The quantitative estimate of drug-likeness (QED) is 0.831. The van der Waals surface area contributed by atoms with E-state index in [2.05, 4.69) is 36.3 Å². The maximum Gasteiger partial charge on any atom is 0.272 e. The van der Waals surface area contributed by atoms with Crippen molar-refractivity contribution in [3.63, 3.8) is 0 Å². The largest absolute Gasteiger partial charge is 0.354 e. The lowest BCUT2D eigenvalue weighted by Crippen LogP contribution is -2.28. The van der Waals surface area contributed by atoms with Crippen LogP contribution in [0.25, 0.3) is 0 Å². The smallest absolute Gasteiger partial charge is 0.272 e. The number of carbonyl (C=O) groups is 1. The molecule has 4 nitrogen and oxygen atoms in total. The minimum Gasteiger partial charge on any atom is -0.354 e. The molecule has 1 N–H and O–H groups in total. The third kappa shape index (κ3) is 4.55. The molecular formula is C19H25N3O. The maximum absolute atomic E-state index is 12.3. The molecule has 23 heavy (non-hydrogen) atoms. The van der Waals surface area contributed by atoms with Gasteiger partial charge in [0.2, 0.25) is 0 Å². The molecule has 0 aliphatic rings. The van der Waals surface area contributed by atoms with Crippen LogP contribution in [0.3, 0.4) is 0 Å². The van der Waals surface area contributed by atoms with E-state index in [1.165, 1.54) is 5.56 Å². The number of pyridine rings is 1. The summed E-state index contributed by atoms with van der Waals surface area (Å²) in [7, 11) is 1.82. The molecular weight excluding hydrogens is 286 g/mol. The average molecular weight is 311 g/mol. The second kappa shape index (κ2) is 8.32. The summed E-state index contributed by atoms with van der Waals surface area (Å²) in [5.41, 5.74) is 3.71. The van der Waals surface area contributed by atoms with E-state index in [4.69, 9.17) is 0 Å². The summed E-state index contributed by atoms with van der Waals surface area (Å²) >= 11 is 0. The van der Waals surface area contributed by atoms with Crippen molar-refractivity contribution in [1.82, 2.24) is 9.88 Å². The predicted octanol–water partition coefficient (Wildman–Crippen LogP) is 4.26. The van der Waals surface area contributed by atoms with Gasteiger partial charge in [-0.1, -0.05) is 38.5 Å². The van der Waals surface area contributed by atoms with Crippen molar-refractivity contribution in [1.29, 1.82) is 0 Å². The van der Waals surface area contributed by atoms with E-state index in [0.29, 0.717) is 5.69 Å². The van der Waals surface area contributed by atoms with Crippen molar-refractivity contribution in [2.24, 2.45) is 0 Å². The Bertz CT molecular complexity index is 637. The van der Waals surface area contributed by atoms with Crippen molar-refractivity contribution in [2.75, 3.05) is 18.9 Å². The molecule has 122 valence electrons. The Kier molecular flexibility index (Phi) is 6.15. The van der Waals surface area contributed by atoms with E-state index in [0.717, 1.165) is 37.2 Å². The third-order valence-corrected chi connectivity index (χ3v) is 3.85. The summed E-state index contributed by atoms with van der Waals surface area (Å²) in [6.45, 7) is 5.01. The molecule has 4 heteroatoms. The Labute approximate surface area is 138 Å². The Morgan fingerprint density at radius 2 is 1.96 bits per heavy atom. The fraction of sp³-hybridized carbons (Fsp3) is 0.368. The van der Waals surface area contributed by atoms with E-state index in [-0.39, 0.29) is 5.91 Å². The Morgan fingerprint density at radius 3 is 2.61 bits per heavy atom. The Hall–Kier alpha value is -2.36. The number of anilines is 2. The number of aromatic nitrogens is 1. The first-order valence-electron chi connectivity index (χ1n) is 8.22. The van der Waals surface area contributed by atoms with Crippen LogP contribution in [0, 0.1) is 0 Å². The van der Waals surface area contributed by atoms with Gasteiger partial charge in [0.25, 0.3) is 5.91 Å². The Morgan fingerprint density at radius 1 is 1.17 bits per heavy atom. The monoisotopic (exact) mass is 311 g/mol. The van der Waals surface area contributed by atoms with Crippen molar-refractivity contribution in [2.45, 2.75) is 33.1 Å². The molecule has 0 saturated heterocycles. The number of benzene rings is 1. The van der Waals surface area contributed by atoms with Gasteiger partial charge in [0.1, 0.15) is 5.69 Å². The lowest BCUT2D eigenvalue weighted by Gasteiger charge is -2.16. The highest BCUT2D eigenvalue weighted by molar-refractivity contribution is 5.92. The summed E-state index contributed by atoms with van der Waals surface area (Å²) in [6, 6.07) is 11.9. The van der Waals surface area contributed by atoms with Crippen LogP contribution in [0.4, 0.5) is 11.4 Å². The number of aryl methyl sites for hydroxylation is 1. The maximum atomic E-state index is 12.3. The van der Waals surface area contributed by atoms with Crippen molar-refractivity contribution in [3.8, 4) is 0 Å². The molecule has 0 aliphatic heterocycles. The van der Waals surface area contributed by atoms with Crippen molar-refractivity contribution >= 4 is 17.3 Å². The van der Waals surface area contributed by atoms with Crippen LogP contribution in [0.5, 0.6) is 0 Å². The minimum atomic E-state index is -0.0287. The van der Waals surface area contributed by atoms with Gasteiger partial charge >= 0.3 is 0 Å². The SMILES string of the molecule is CCCCN(C)C(=O)c1ccc(Nc2ccccc2CC)cn1. The van der Waals surface area contributed by atoms with Crippen LogP contribution >= 0.6 is 0 Å². The molecule has 0 unspecified atom stereocenters. The zero-order chi connectivity index (χ0) is 16.7. The predicted molar refractivity (Wildman–Crippen MR) is 95.2 cm³/mol. The lowest BCUT2D eigenvalue weighted by atomic mass is 10.1. The topological polar surface area (TPSA) is 45.2 Å². The normalized spacial score (nSPS) is 10.4. The highest BCUT2D eigenvalue weighted by atomic mass is 16.2. The van der Waals surface area contributed by atoms with Crippen LogP contribution in [-0.2, 0) is 6.42 Å². The summed E-state index contributed by atoms with van der Waals surface area (Å²) < 4.78 is 0. The summed E-state index contributed by atoms with van der Waals surface area (Å²) in [5, 5.41) is 3.37. The number of nitrogens with zero attached hydrogens (tertiary/aromatic N) is 2. The van der Waals surface area contributed by atoms with E-state index in [1.807, 2.05) is 25.2 Å². The minimum absolute atomic E-state index is 0.0287. The third-order valence-electron chi connectivity index (χ3n) is 3.85. The molecule has 0 aliphatic carbocycles. The van der Waals surface area contributed by atoms with Gasteiger partial charge in [0, 0.05) is 19.3 Å². The number of unbranched alkanes of at least 4 members (excludes halogenated alkanes) is 1. The summed E-state index contributed by atoms with van der Waals surface area (Å²) in [4.78, 5) is 18.3. The number of hydrogen-bond acceptors (Lipinski definition) is 3. The molecule has 2 rings (SSSR count). The van der Waals surface area contributed by atoms with Gasteiger partial charge in [-0.25, -0.2) is 4.98 Å². The summed E-state index contributed by atoms with van der Waals surface area (Å²) in [5.74, 6) is -0.0287. The van der Waals surface area contributed by atoms with Crippen LogP contribution in [0.1, 0.15) is 42.7 Å². The van der Waals surface area contributed by atoms with E-state index in [9.17, 15) is 4.79 Å². The molecule has 1 heterocycles. The number of hydrogen-bond donors (Lipinski definition) is 1. The zero-order valence-electron chi connectivity index (χ0n) is 14.2. The van der Waals surface area contributed by atoms with Crippen LogP contribution in [0.15, 0.2) is 42.6 Å². The first kappa shape index (κ1) is 17.0. The van der Waals surface area contributed by atoms with Gasteiger partial charge in [0.15, 0.2) is 0 Å². The highest BCUT2D eigenvalue weighted by Crippen LogP contribution is 2.21. The fourth-order valence-electron chi connectivity index (χ4n) is 2.39. The number of rotatable bonds is 7. The average Bonchev–Trinajstić information content (AvgIpc) is 2.60. The molecule has 0 saturated carbocycles. The molecule has 0 radical (unpaired) electrons.